The molecule has 3 rings (SSSR count). The summed E-state index contributed by atoms with van der Waals surface area (Å²) in [6.07, 6.45) is 0.619. The number of hydrogen-bond donors (Lipinski definition) is 1. The van der Waals surface area contributed by atoms with Crippen molar-refractivity contribution in [3.63, 3.8) is 0 Å². The van der Waals surface area contributed by atoms with Gasteiger partial charge in [-0.2, -0.15) is 10.4 Å². The van der Waals surface area contributed by atoms with E-state index in [1.54, 1.807) is 24.3 Å². The van der Waals surface area contributed by atoms with Gasteiger partial charge in [-0.3, -0.25) is 4.79 Å². The van der Waals surface area contributed by atoms with Crippen LogP contribution in [0.2, 0.25) is 5.02 Å². The molecule has 152 valence electrons. The third-order valence-corrected chi connectivity index (χ3v) is 6.06. The lowest BCUT2D eigenvalue weighted by Gasteiger charge is -2.63. The fourth-order valence-electron chi connectivity index (χ4n) is 4.47. The van der Waals surface area contributed by atoms with Crippen molar-refractivity contribution in [2.45, 2.75) is 53.2 Å². The van der Waals surface area contributed by atoms with E-state index in [1.165, 1.54) is 0 Å². The molecule has 0 atom stereocenters. The molecule has 1 N–H and O–H groups in total. The van der Waals surface area contributed by atoms with Crippen molar-refractivity contribution in [1.82, 2.24) is 15.5 Å². The number of aryl methyl sites for hydroxylation is 1. The van der Waals surface area contributed by atoms with Gasteiger partial charge in [0, 0.05) is 22.9 Å². The number of rotatable bonds is 5. The number of carbonyl (C=O) groups is 1. The average Bonchev–Trinajstić information content (AvgIpc) is 2.69. The first kappa shape index (κ1) is 21.1. The highest BCUT2D eigenvalue weighted by molar-refractivity contribution is 6.31. The Morgan fingerprint density at radius 1 is 1.21 bits per heavy atom. The molecule has 29 heavy (non-hydrogen) atoms. The van der Waals surface area contributed by atoms with Crippen LogP contribution in [0.15, 0.2) is 30.3 Å². The number of halogens is 1. The first-order chi connectivity index (χ1) is 13.6. The number of aromatic nitrogens is 2. The lowest BCUT2D eigenvalue weighted by Crippen LogP contribution is -2.74. The van der Waals surface area contributed by atoms with Crippen molar-refractivity contribution in [3.8, 4) is 11.8 Å². The zero-order valence-corrected chi connectivity index (χ0v) is 18.0. The fourth-order valence-corrected chi connectivity index (χ4v) is 4.68. The Morgan fingerprint density at radius 2 is 1.90 bits per heavy atom. The lowest BCUT2D eigenvalue weighted by atomic mass is 9.49. The van der Waals surface area contributed by atoms with Crippen LogP contribution in [0.1, 0.15) is 56.4 Å². The highest BCUT2D eigenvalue weighted by atomic mass is 35.5. The van der Waals surface area contributed by atoms with E-state index in [1.807, 2.05) is 19.1 Å². The van der Waals surface area contributed by atoms with Crippen molar-refractivity contribution in [1.29, 1.82) is 5.26 Å². The van der Waals surface area contributed by atoms with Gasteiger partial charge in [0.15, 0.2) is 5.69 Å². The van der Waals surface area contributed by atoms with Crippen LogP contribution in [-0.2, 0) is 6.42 Å². The minimum Gasteiger partial charge on any atom is -0.489 e. The van der Waals surface area contributed by atoms with Gasteiger partial charge in [-0.1, -0.05) is 46.2 Å². The van der Waals surface area contributed by atoms with Gasteiger partial charge in [-0.25, -0.2) is 0 Å². The summed E-state index contributed by atoms with van der Waals surface area (Å²) in [6.45, 7) is 10.2. The molecular formula is C22H25ClN4O2. The van der Waals surface area contributed by atoms with Crippen LogP contribution in [-0.4, -0.2) is 28.3 Å². The Bertz CT molecular complexity index is 948. The molecular weight excluding hydrogens is 388 g/mol. The molecule has 0 spiro atoms. The SMILES string of the molecule is CCc1ccc(C(=O)NC2C(C)(C)C(Oc3ccc(C#N)c(Cl)c3)C2(C)C)nn1. The molecule has 0 unspecified atom stereocenters. The Kier molecular flexibility index (Phi) is 5.55. The van der Waals surface area contributed by atoms with Gasteiger partial charge < -0.3 is 10.1 Å². The van der Waals surface area contributed by atoms with E-state index in [2.05, 4.69) is 43.2 Å². The third-order valence-electron chi connectivity index (χ3n) is 5.74. The molecule has 0 saturated heterocycles. The molecule has 0 aliphatic heterocycles. The van der Waals surface area contributed by atoms with E-state index < -0.39 is 0 Å². The van der Waals surface area contributed by atoms with Gasteiger partial charge >= 0.3 is 0 Å². The summed E-state index contributed by atoms with van der Waals surface area (Å²) in [6, 6.07) is 10.5. The average molecular weight is 413 g/mol. The number of carbonyl (C=O) groups excluding carboxylic acids is 1. The Balaban J connectivity index is 1.74. The molecule has 7 heteroatoms. The lowest BCUT2D eigenvalue weighted by molar-refractivity contribution is -0.164. The van der Waals surface area contributed by atoms with Crippen LogP contribution in [0, 0.1) is 22.2 Å². The van der Waals surface area contributed by atoms with Crippen LogP contribution in [0.5, 0.6) is 5.75 Å². The minimum atomic E-state index is -0.323. The molecule has 1 fully saturated rings. The van der Waals surface area contributed by atoms with Gasteiger partial charge in [0.25, 0.3) is 5.91 Å². The maximum atomic E-state index is 12.7. The number of nitrogens with zero attached hydrogens (tertiary/aromatic N) is 3. The van der Waals surface area contributed by atoms with Crippen molar-refractivity contribution in [2.75, 3.05) is 0 Å². The summed E-state index contributed by atoms with van der Waals surface area (Å²) >= 11 is 6.13. The summed E-state index contributed by atoms with van der Waals surface area (Å²) < 4.78 is 6.24. The molecule has 1 saturated carbocycles. The second-order valence-electron chi connectivity index (χ2n) is 8.56. The maximum Gasteiger partial charge on any atom is 0.272 e. The topological polar surface area (TPSA) is 87.9 Å². The van der Waals surface area contributed by atoms with Gasteiger partial charge in [0.1, 0.15) is 17.9 Å². The number of ether oxygens (including phenoxy) is 1. The molecule has 1 amide bonds. The third kappa shape index (κ3) is 3.79. The predicted octanol–water partition coefficient (Wildman–Crippen LogP) is 4.18. The highest BCUT2D eigenvalue weighted by Gasteiger charge is 2.64. The van der Waals surface area contributed by atoms with Crippen molar-refractivity contribution >= 4 is 17.5 Å². The van der Waals surface area contributed by atoms with Crippen LogP contribution in [0.25, 0.3) is 0 Å². The molecule has 2 aromatic rings. The first-order valence-electron chi connectivity index (χ1n) is 9.61. The Hall–Kier alpha value is -2.65. The van der Waals surface area contributed by atoms with E-state index >= 15 is 0 Å². The quantitative estimate of drug-likeness (QED) is 0.795. The molecule has 1 aromatic heterocycles. The molecule has 1 aliphatic carbocycles. The molecule has 1 aliphatic rings. The van der Waals surface area contributed by atoms with Gasteiger partial charge in [-0.05, 0) is 30.7 Å². The summed E-state index contributed by atoms with van der Waals surface area (Å²) in [5, 5.41) is 20.6. The van der Waals surface area contributed by atoms with Crippen molar-refractivity contribution in [2.24, 2.45) is 10.8 Å². The zero-order valence-electron chi connectivity index (χ0n) is 17.3. The van der Waals surface area contributed by atoms with Crippen LogP contribution in [0.3, 0.4) is 0 Å². The van der Waals surface area contributed by atoms with E-state index in [4.69, 9.17) is 21.6 Å². The van der Waals surface area contributed by atoms with Gasteiger partial charge in [-0.15, -0.1) is 5.10 Å². The molecule has 6 nitrogen and oxygen atoms in total. The van der Waals surface area contributed by atoms with Crippen LogP contribution in [0.4, 0.5) is 0 Å². The summed E-state index contributed by atoms with van der Waals surface area (Å²) in [5.41, 5.74) is 0.913. The van der Waals surface area contributed by atoms with E-state index in [9.17, 15) is 4.79 Å². The largest absolute Gasteiger partial charge is 0.489 e. The van der Waals surface area contributed by atoms with Crippen molar-refractivity contribution in [3.05, 3.63) is 52.3 Å². The predicted molar refractivity (Wildman–Crippen MR) is 111 cm³/mol. The number of amides is 1. The normalized spacial score (nSPS) is 21.6. The number of nitrogens with one attached hydrogen (secondary N) is 1. The monoisotopic (exact) mass is 412 g/mol. The zero-order chi connectivity index (χ0) is 21.4. The number of benzene rings is 1. The number of nitriles is 1. The Morgan fingerprint density at radius 3 is 2.41 bits per heavy atom. The second-order valence-corrected chi connectivity index (χ2v) is 8.97. The van der Waals surface area contributed by atoms with Crippen LogP contribution >= 0.6 is 11.6 Å². The smallest absolute Gasteiger partial charge is 0.272 e. The van der Waals surface area contributed by atoms with E-state index in [0.29, 0.717) is 22.0 Å². The second kappa shape index (κ2) is 7.64. The van der Waals surface area contributed by atoms with Crippen LogP contribution < -0.4 is 10.1 Å². The summed E-state index contributed by atoms with van der Waals surface area (Å²) in [5.74, 6) is 0.358. The Labute approximate surface area is 176 Å². The molecule has 1 aromatic carbocycles. The fraction of sp³-hybridized carbons (Fsp3) is 0.455. The van der Waals surface area contributed by atoms with Gasteiger partial charge in [0.05, 0.1) is 16.3 Å². The molecule has 1 heterocycles. The number of hydrogen-bond acceptors (Lipinski definition) is 5. The first-order valence-corrected chi connectivity index (χ1v) is 9.98. The summed E-state index contributed by atoms with van der Waals surface area (Å²) in [7, 11) is 0. The van der Waals surface area contributed by atoms with E-state index in [-0.39, 0.29) is 28.9 Å². The highest BCUT2D eigenvalue weighted by Crippen LogP contribution is 2.55. The molecule has 0 bridgehead atoms. The summed E-state index contributed by atoms with van der Waals surface area (Å²) in [4.78, 5) is 12.7. The van der Waals surface area contributed by atoms with E-state index in [0.717, 1.165) is 12.1 Å². The van der Waals surface area contributed by atoms with Gasteiger partial charge in [0.2, 0.25) is 0 Å². The standard InChI is InChI=1S/C22H25ClN4O2/c1-6-14-8-10-17(27-26-14)18(28)25-19-21(2,3)20(22(19,4)5)29-15-9-7-13(12-24)16(23)11-15/h7-11,19-20H,6H2,1-5H3,(H,25,28). The maximum absolute atomic E-state index is 12.7. The molecule has 0 radical (unpaired) electrons. The van der Waals surface area contributed by atoms with Crippen molar-refractivity contribution < 1.29 is 9.53 Å². The minimum absolute atomic E-state index is 0.117.